The average Bonchev–Trinajstić information content (AvgIpc) is 4.18. The molecule has 2 bridgehead atoms. The fraction of sp³-hybridized carbons (Fsp3) is 0.627. The highest BCUT2D eigenvalue weighted by Crippen LogP contribution is 2.26. The Bertz CT molecular complexity index is 2590. The van der Waals surface area contributed by atoms with Gasteiger partial charge < -0.3 is 53.2 Å². The third-order valence-corrected chi connectivity index (χ3v) is 16.0. The highest BCUT2D eigenvalue weighted by Gasteiger charge is 2.47. The van der Waals surface area contributed by atoms with Gasteiger partial charge >= 0.3 is 0 Å². The van der Waals surface area contributed by atoms with Gasteiger partial charge in [0.1, 0.15) is 60.4 Å². The van der Waals surface area contributed by atoms with Gasteiger partial charge in [-0.25, -0.2) is 11.3 Å². The van der Waals surface area contributed by atoms with E-state index >= 15 is 4.79 Å². The molecule has 83 heavy (non-hydrogen) atoms. The van der Waals surface area contributed by atoms with Crippen molar-refractivity contribution in [3.05, 3.63) is 71.8 Å². The van der Waals surface area contributed by atoms with Gasteiger partial charge in [0.25, 0.3) is 11.8 Å². The number of hydrogen-bond donors (Lipinski definition) is 10. The van der Waals surface area contributed by atoms with Gasteiger partial charge in [-0.15, -0.1) is 0 Å². The lowest BCUT2D eigenvalue weighted by Gasteiger charge is -2.42. The summed E-state index contributed by atoms with van der Waals surface area (Å²) in [7, 11) is 0. The molecule has 24 nitrogen and oxygen atoms in total. The second-order valence-corrected chi connectivity index (χ2v) is 23.7. The molecule has 0 radical (unpaired) electrons. The fourth-order valence-electron chi connectivity index (χ4n) is 11.5. The van der Waals surface area contributed by atoms with Crippen LogP contribution in [0.2, 0.25) is 0 Å². The van der Waals surface area contributed by atoms with Crippen molar-refractivity contribution in [2.45, 2.75) is 192 Å². The Labute approximate surface area is 487 Å². The lowest BCUT2D eigenvalue weighted by atomic mass is 9.98. The smallest absolute Gasteiger partial charge is 0.260 e. The Morgan fingerprint density at radius 1 is 0.518 bits per heavy atom. The molecular weight excluding hydrogens is 1060 g/mol. The van der Waals surface area contributed by atoms with Crippen LogP contribution in [0.4, 0.5) is 0 Å². The minimum absolute atomic E-state index is 0.00711. The molecule has 0 spiro atoms. The molecule has 2 aromatic rings. The summed E-state index contributed by atoms with van der Waals surface area (Å²) in [6, 6.07) is 5.31. The standard InChI is InChI=1S/C59H90N14O10/c1-34(2)30-41-51(75)65-43(32-38-18-10-8-11-19-38)56(80)70-28-16-24-44(70)53(77)68-49(36(5)6)59(83)72(62)46(23-15-27-61)54(78)66-42-31-37(7)69-73(57(42)81)47(33-39-20-12-9-13-21-39)58(82)71-29-17-25-45(71)52(76)67-48(35(3)4)55(79)63-40(22-14-26-60)50(74)64-41/h8-13,18-21,34-37,40-49,69H,14-17,22-33,60-62H2,1-7H3,(H,63,79)(H,64,74)(H,65,75)(H,66,78)(H,67,76)(H,68,77)/t37-,40+,41+,42+,43-,44+,45+,46+,47-,48+,49+/m1/s1. The summed E-state index contributed by atoms with van der Waals surface area (Å²) in [4.78, 5) is 150. The van der Waals surface area contributed by atoms with Crippen LogP contribution < -0.4 is 54.6 Å². The van der Waals surface area contributed by atoms with Crippen LogP contribution in [0.3, 0.4) is 0 Å². The molecule has 24 heteroatoms. The number of rotatable bonds is 14. The third-order valence-electron chi connectivity index (χ3n) is 16.0. The molecule has 13 N–H and O–H groups in total. The molecule has 4 aliphatic rings. The first-order chi connectivity index (χ1) is 39.5. The van der Waals surface area contributed by atoms with E-state index in [2.05, 4.69) is 37.3 Å². The van der Waals surface area contributed by atoms with Gasteiger partial charge in [-0.05, 0) is 113 Å². The normalized spacial score (nSPS) is 28.1. The summed E-state index contributed by atoms with van der Waals surface area (Å²) in [6.07, 6.45) is 2.08. The van der Waals surface area contributed by atoms with Crippen LogP contribution >= 0.6 is 0 Å². The Hall–Kier alpha value is -7.02. The van der Waals surface area contributed by atoms with Crippen LogP contribution in [0.15, 0.2) is 60.7 Å². The van der Waals surface area contributed by atoms with E-state index in [1.807, 2.05) is 26.0 Å². The van der Waals surface area contributed by atoms with Gasteiger partial charge in [-0.3, -0.25) is 58.0 Å². The zero-order valence-electron chi connectivity index (χ0n) is 49.3. The fourth-order valence-corrected chi connectivity index (χ4v) is 11.5. The molecule has 0 saturated carbocycles. The molecule has 11 atom stereocenters. The van der Waals surface area contributed by atoms with E-state index in [0.717, 1.165) is 5.01 Å². The van der Waals surface area contributed by atoms with Crippen molar-refractivity contribution in [2.24, 2.45) is 35.1 Å². The summed E-state index contributed by atoms with van der Waals surface area (Å²) in [6.45, 7) is 12.9. The van der Waals surface area contributed by atoms with Crippen LogP contribution in [-0.2, 0) is 60.8 Å². The van der Waals surface area contributed by atoms with Crippen LogP contribution in [-0.4, -0.2) is 172 Å². The number of fused-ring (bicyclic) bond motifs is 4. The Morgan fingerprint density at radius 2 is 1.02 bits per heavy atom. The van der Waals surface area contributed by atoms with Crippen LogP contribution in [0.5, 0.6) is 0 Å². The van der Waals surface area contributed by atoms with Crippen molar-refractivity contribution in [3.63, 3.8) is 0 Å². The van der Waals surface area contributed by atoms with E-state index in [4.69, 9.17) is 17.3 Å². The van der Waals surface area contributed by atoms with Crippen LogP contribution in [0.1, 0.15) is 124 Å². The maximum atomic E-state index is 15.2. The van der Waals surface area contributed by atoms with Crippen molar-refractivity contribution in [1.82, 2.24) is 57.1 Å². The summed E-state index contributed by atoms with van der Waals surface area (Å²) in [5, 5.41) is 19.0. The first-order valence-corrected chi connectivity index (χ1v) is 29.6. The number of nitrogens with one attached hydrogen (secondary N) is 7. The average molecular weight is 1160 g/mol. The Morgan fingerprint density at radius 3 is 1.58 bits per heavy atom. The Balaban J connectivity index is 1.42. The number of nitrogens with zero attached hydrogens (tertiary/aromatic N) is 4. The van der Waals surface area contributed by atoms with Crippen molar-refractivity contribution in [2.75, 3.05) is 26.2 Å². The van der Waals surface area contributed by atoms with Gasteiger partial charge in [0.05, 0.1) is 0 Å². The number of carbonyl (C=O) groups is 10. The van der Waals surface area contributed by atoms with Crippen LogP contribution in [0, 0.1) is 17.8 Å². The molecule has 456 valence electrons. The zero-order chi connectivity index (χ0) is 60.7. The maximum absolute atomic E-state index is 15.2. The number of hydrazine groups is 2. The Kier molecular flexibility index (Phi) is 23.9. The third kappa shape index (κ3) is 17.1. The lowest BCUT2D eigenvalue weighted by Crippen LogP contribution is -2.69. The second-order valence-electron chi connectivity index (χ2n) is 23.7. The molecule has 6 rings (SSSR count). The highest BCUT2D eigenvalue weighted by molar-refractivity contribution is 6.00. The number of benzene rings is 2. The number of amides is 10. The van der Waals surface area contributed by atoms with E-state index in [0.29, 0.717) is 30.4 Å². The lowest BCUT2D eigenvalue weighted by molar-refractivity contribution is -0.157. The summed E-state index contributed by atoms with van der Waals surface area (Å²) in [5.41, 5.74) is 16.4. The van der Waals surface area contributed by atoms with Gasteiger partial charge in [0.2, 0.25) is 47.3 Å². The predicted octanol–water partition coefficient (Wildman–Crippen LogP) is -0.223. The summed E-state index contributed by atoms with van der Waals surface area (Å²) in [5.74, 6) is -1.38. The van der Waals surface area contributed by atoms with Gasteiger partial charge in [-0.1, -0.05) is 102 Å². The molecule has 2 aromatic carbocycles. The van der Waals surface area contributed by atoms with Crippen molar-refractivity contribution in [1.29, 1.82) is 0 Å². The molecule has 0 aliphatic carbocycles. The van der Waals surface area contributed by atoms with E-state index in [9.17, 15) is 43.2 Å². The van der Waals surface area contributed by atoms with E-state index in [1.54, 1.807) is 83.1 Å². The first kappa shape index (κ1) is 65.1. The molecular formula is C59H90N14O10. The van der Waals surface area contributed by atoms with Gasteiger partial charge in [0, 0.05) is 32.0 Å². The van der Waals surface area contributed by atoms with Crippen molar-refractivity contribution in [3.8, 4) is 0 Å². The summed E-state index contributed by atoms with van der Waals surface area (Å²) < 4.78 is 0. The monoisotopic (exact) mass is 1150 g/mol. The molecule has 0 aromatic heterocycles. The number of hydrogen-bond acceptors (Lipinski definition) is 14. The molecule has 4 saturated heterocycles. The van der Waals surface area contributed by atoms with Crippen molar-refractivity contribution < 1.29 is 47.9 Å². The van der Waals surface area contributed by atoms with Gasteiger partial charge in [0.15, 0.2) is 0 Å². The molecule has 4 aliphatic heterocycles. The molecule has 10 amide bonds. The van der Waals surface area contributed by atoms with Crippen molar-refractivity contribution >= 4 is 59.1 Å². The molecule has 0 unspecified atom stereocenters. The number of nitrogens with two attached hydrogens (primary N) is 3. The predicted molar refractivity (Wildman–Crippen MR) is 310 cm³/mol. The molecule has 4 fully saturated rings. The highest BCUT2D eigenvalue weighted by atomic mass is 16.2. The van der Waals surface area contributed by atoms with Gasteiger partial charge in [-0.2, -0.15) is 0 Å². The minimum Gasteiger partial charge on any atom is -0.343 e. The second kappa shape index (κ2) is 30.5. The quantitative estimate of drug-likeness (QED) is 0.0864. The van der Waals surface area contributed by atoms with E-state index < -0.39 is 137 Å². The zero-order valence-corrected chi connectivity index (χ0v) is 49.3. The minimum atomic E-state index is -1.38. The first-order valence-electron chi connectivity index (χ1n) is 29.6. The SMILES string of the molecule is CC(C)C[C@@H]1NC(=O)[C@H](CCCN)NC(=O)[C@H](C(C)C)NC(=O)[C@@H]2CCCN2C(=O)[C@@H](Cc2ccccc2)N2N[C@H](C)C[C@H](NC(=O)[C@H](CCCN)N(N)C(=O)[C@H](C(C)C)NC(=O)[C@@H]3CCCN3C(=O)[C@@H](Cc3ccccc3)NC1=O)C2=O. The van der Waals surface area contributed by atoms with E-state index in [1.165, 1.54) is 14.8 Å². The largest absolute Gasteiger partial charge is 0.343 e. The van der Waals surface area contributed by atoms with Crippen LogP contribution in [0.25, 0.3) is 0 Å². The maximum Gasteiger partial charge on any atom is 0.260 e. The summed E-state index contributed by atoms with van der Waals surface area (Å²) >= 11 is 0. The molecule has 4 heterocycles. The number of carbonyl (C=O) groups excluding carboxylic acids is 10. The topological polar surface area (TPSA) is 346 Å². The van der Waals surface area contributed by atoms with E-state index in [-0.39, 0.29) is 89.9 Å².